The van der Waals surface area contributed by atoms with Gasteiger partial charge in [0.15, 0.2) is 0 Å². The molecule has 0 radical (unpaired) electrons. The van der Waals surface area contributed by atoms with Crippen LogP contribution in [-0.2, 0) is 29.0 Å². The molecular weight excluding hydrogens is 539 g/mol. The molecule has 0 bridgehead atoms. The predicted molar refractivity (Wildman–Crippen MR) is 148 cm³/mol. The second kappa shape index (κ2) is 12.0. The van der Waals surface area contributed by atoms with E-state index in [1.165, 1.54) is 6.07 Å². The zero-order chi connectivity index (χ0) is 28.9. The maximum atomic E-state index is 13.3. The highest BCUT2D eigenvalue weighted by atomic mass is 32.2. The zero-order valence-electron chi connectivity index (χ0n) is 22.0. The van der Waals surface area contributed by atoms with E-state index < -0.39 is 32.6 Å². The summed E-state index contributed by atoms with van der Waals surface area (Å²) in [6, 6.07) is 23.7. The molecule has 4 aromatic rings. The Morgan fingerprint density at radius 3 is 2.33 bits per heavy atom. The first-order chi connectivity index (χ1) is 19.0. The quantitative estimate of drug-likeness (QED) is 0.237. The molecule has 0 atom stereocenters. The number of hydrogen-bond acceptors (Lipinski definition) is 4. The highest BCUT2D eigenvalue weighted by molar-refractivity contribution is 7.90. The fourth-order valence-electron chi connectivity index (χ4n) is 4.34. The molecule has 208 valence electrons. The largest absolute Gasteiger partial charge is 0.493 e. The first-order valence-corrected chi connectivity index (χ1v) is 14.1. The van der Waals surface area contributed by atoms with E-state index in [2.05, 4.69) is 0 Å². The first-order valence-electron chi connectivity index (χ1n) is 12.6. The van der Waals surface area contributed by atoms with Crippen molar-refractivity contribution in [3.8, 4) is 16.9 Å². The van der Waals surface area contributed by atoms with Crippen molar-refractivity contribution in [2.45, 2.75) is 37.8 Å². The summed E-state index contributed by atoms with van der Waals surface area (Å²) in [5, 5.41) is 0. The number of hydrogen-bond donors (Lipinski definition) is 1. The van der Waals surface area contributed by atoms with Crippen molar-refractivity contribution in [2.75, 3.05) is 6.61 Å². The van der Waals surface area contributed by atoms with Gasteiger partial charge in [-0.15, -0.1) is 0 Å². The number of carbonyl (C=O) groups is 1. The average Bonchev–Trinajstić information content (AvgIpc) is 2.93. The number of rotatable bonds is 9. The second-order valence-corrected chi connectivity index (χ2v) is 10.9. The van der Waals surface area contributed by atoms with Crippen molar-refractivity contribution >= 4 is 15.9 Å². The molecule has 0 saturated heterocycles. The van der Waals surface area contributed by atoms with Gasteiger partial charge < -0.3 is 4.74 Å². The Morgan fingerprint density at radius 2 is 1.62 bits per heavy atom. The van der Waals surface area contributed by atoms with Crippen LogP contribution in [0.15, 0.2) is 95.9 Å². The fourth-order valence-corrected chi connectivity index (χ4v) is 5.35. The molecule has 0 spiro atoms. The van der Waals surface area contributed by atoms with Gasteiger partial charge >= 0.3 is 6.18 Å². The van der Waals surface area contributed by atoms with E-state index in [9.17, 15) is 26.4 Å². The van der Waals surface area contributed by atoms with Crippen LogP contribution >= 0.6 is 0 Å². The van der Waals surface area contributed by atoms with Crippen molar-refractivity contribution in [3.63, 3.8) is 0 Å². The molecule has 9 heteroatoms. The smallest absolute Gasteiger partial charge is 0.416 e. The molecule has 1 amide bonds. The third-order valence-electron chi connectivity index (χ3n) is 6.32. The first kappa shape index (κ1) is 28.9. The molecule has 0 unspecified atom stereocenters. The zero-order valence-corrected chi connectivity index (χ0v) is 22.8. The van der Waals surface area contributed by atoms with E-state index in [1.807, 2.05) is 73.2 Å². The third kappa shape index (κ3) is 6.90. The molecular formula is C31H28F3NO4S. The van der Waals surface area contributed by atoms with Crippen molar-refractivity contribution in [2.24, 2.45) is 0 Å². The van der Waals surface area contributed by atoms with Crippen molar-refractivity contribution in [3.05, 3.63) is 119 Å². The lowest BCUT2D eigenvalue weighted by Gasteiger charge is -2.16. The highest BCUT2D eigenvalue weighted by Gasteiger charge is 2.32. The number of halogens is 3. The van der Waals surface area contributed by atoms with Gasteiger partial charge in [-0.05, 0) is 79.8 Å². The molecule has 40 heavy (non-hydrogen) atoms. The van der Waals surface area contributed by atoms with E-state index in [0.29, 0.717) is 36.8 Å². The summed E-state index contributed by atoms with van der Waals surface area (Å²) < 4.78 is 73.0. The Hall–Kier alpha value is -4.11. The monoisotopic (exact) mass is 567 g/mol. The number of carbonyl (C=O) groups excluding carboxylic acids is 1. The standard InChI is InChI=1S/C31H28F3NO4S/c1-3-39-29-17-12-21(2)18-28(29)24-15-16-27(23(19-24)14-13-22-8-5-4-6-9-22)30(36)35-40(37,38)26-11-7-10-25(20-26)31(32,33)34/h4-12,15-20H,3,13-14H2,1-2H3,(H,35,36). The van der Waals surface area contributed by atoms with Crippen LogP contribution in [-0.4, -0.2) is 20.9 Å². The lowest BCUT2D eigenvalue weighted by Crippen LogP contribution is -2.31. The van der Waals surface area contributed by atoms with E-state index in [1.54, 1.807) is 6.07 Å². The van der Waals surface area contributed by atoms with E-state index in [0.717, 1.165) is 40.5 Å². The van der Waals surface area contributed by atoms with Gasteiger partial charge in [0.2, 0.25) is 0 Å². The van der Waals surface area contributed by atoms with Crippen LogP contribution in [0, 0.1) is 6.92 Å². The fraction of sp³-hybridized carbons (Fsp3) is 0.194. The summed E-state index contributed by atoms with van der Waals surface area (Å²) >= 11 is 0. The van der Waals surface area contributed by atoms with E-state index in [-0.39, 0.29) is 5.56 Å². The van der Waals surface area contributed by atoms with Crippen molar-refractivity contribution in [1.29, 1.82) is 0 Å². The van der Waals surface area contributed by atoms with Gasteiger partial charge in [0.1, 0.15) is 5.75 Å². The SMILES string of the molecule is CCOc1ccc(C)cc1-c1ccc(C(=O)NS(=O)(=O)c2cccc(C(F)(F)F)c2)c(CCc2ccccc2)c1. The van der Waals surface area contributed by atoms with Gasteiger partial charge in [-0.25, -0.2) is 13.1 Å². The van der Waals surface area contributed by atoms with Crippen LogP contribution in [0.25, 0.3) is 11.1 Å². The minimum absolute atomic E-state index is 0.112. The number of aryl methyl sites for hydroxylation is 3. The van der Waals surface area contributed by atoms with Crippen LogP contribution in [0.1, 0.15) is 39.5 Å². The van der Waals surface area contributed by atoms with Crippen LogP contribution < -0.4 is 9.46 Å². The average molecular weight is 568 g/mol. The number of amides is 1. The Balaban J connectivity index is 1.71. The van der Waals surface area contributed by atoms with Gasteiger partial charge in [-0.1, -0.05) is 60.2 Å². The number of sulfonamides is 1. The van der Waals surface area contributed by atoms with Gasteiger partial charge in [-0.2, -0.15) is 13.2 Å². The normalized spacial score (nSPS) is 11.7. The van der Waals surface area contributed by atoms with Gasteiger partial charge in [0.25, 0.3) is 15.9 Å². The molecule has 0 aliphatic heterocycles. The Labute approximate surface area is 231 Å². The molecule has 0 heterocycles. The number of alkyl halides is 3. The number of ether oxygens (including phenoxy) is 1. The topological polar surface area (TPSA) is 72.5 Å². The number of nitrogens with one attached hydrogen (secondary N) is 1. The van der Waals surface area contributed by atoms with Crippen LogP contribution in [0.5, 0.6) is 5.75 Å². The Kier molecular flexibility index (Phi) is 8.64. The van der Waals surface area contributed by atoms with E-state index in [4.69, 9.17) is 4.74 Å². The maximum Gasteiger partial charge on any atom is 0.416 e. The number of benzene rings is 4. The molecule has 0 saturated carbocycles. The van der Waals surface area contributed by atoms with Crippen molar-refractivity contribution in [1.82, 2.24) is 4.72 Å². The summed E-state index contributed by atoms with van der Waals surface area (Å²) in [6.07, 6.45) is -3.73. The maximum absolute atomic E-state index is 13.3. The molecule has 0 aliphatic carbocycles. The highest BCUT2D eigenvalue weighted by Crippen LogP contribution is 2.33. The van der Waals surface area contributed by atoms with Crippen LogP contribution in [0.2, 0.25) is 0 Å². The summed E-state index contributed by atoms with van der Waals surface area (Å²) in [7, 11) is -4.58. The second-order valence-electron chi connectivity index (χ2n) is 9.25. The van der Waals surface area contributed by atoms with Gasteiger partial charge in [0.05, 0.1) is 17.1 Å². The molecule has 5 nitrogen and oxygen atoms in total. The lowest BCUT2D eigenvalue weighted by molar-refractivity contribution is -0.137. The molecule has 0 aromatic heterocycles. The summed E-state index contributed by atoms with van der Waals surface area (Å²) in [5.41, 5.74) is 3.22. The van der Waals surface area contributed by atoms with Crippen LogP contribution in [0.4, 0.5) is 13.2 Å². The minimum Gasteiger partial charge on any atom is -0.493 e. The lowest BCUT2D eigenvalue weighted by atomic mass is 9.94. The molecule has 4 rings (SSSR count). The van der Waals surface area contributed by atoms with Gasteiger partial charge in [0, 0.05) is 11.1 Å². The summed E-state index contributed by atoms with van der Waals surface area (Å²) in [5.74, 6) is -0.257. The van der Waals surface area contributed by atoms with E-state index >= 15 is 0 Å². The molecule has 0 fully saturated rings. The summed E-state index contributed by atoms with van der Waals surface area (Å²) in [4.78, 5) is 12.6. The molecule has 4 aromatic carbocycles. The Bertz CT molecular complexity index is 1620. The van der Waals surface area contributed by atoms with Crippen molar-refractivity contribution < 1.29 is 31.1 Å². The molecule has 1 N–H and O–H groups in total. The Morgan fingerprint density at radius 1 is 0.875 bits per heavy atom. The third-order valence-corrected chi connectivity index (χ3v) is 7.65. The minimum atomic E-state index is -4.73. The summed E-state index contributed by atoms with van der Waals surface area (Å²) in [6.45, 7) is 4.30. The molecule has 0 aliphatic rings. The van der Waals surface area contributed by atoms with Crippen LogP contribution in [0.3, 0.4) is 0 Å². The van der Waals surface area contributed by atoms with Gasteiger partial charge in [-0.3, -0.25) is 4.79 Å². The predicted octanol–water partition coefficient (Wildman–Crippen LogP) is 6.98.